The van der Waals surface area contributed by atoms with E-state index in [1.807, 2.05) is 31.2 Å². The van der Waals surface area contributed by atoms with Crippen molar-refractivity contribution in [1.82, 2.24) is 5.32 Å². The lowest BCUT2D eigenvalue weighted by molar-refractivity contribution is 0.431. The van der Waals surface area contributed by atoms with Gasteiger partial charge in [-0.25, -0.2) is 0 Å². The van der Waals surface area contributed by atoms with E-state index in [9.17, 15) is 0 Å². The molecular formula is C15H17Cl2NO. The fourth-order valence-electron chi connectivity index (χ4n) is 2.06. The first-order valence-corrected chi connectivity index (χ1v) is 7.09. The van der Waals surface area contributed by atoms with E-state index in [1.165, 1.54) is 0 Å². The van der Waals surface area contributed by atoms with Crippen molar-refractivity contribution >= 4 is 23.2 Å². The molecule has 0 radical (unpaired) electrons. The molecule has 2 aromatic rings. The normalized spacial score (nSPS) is 12.6. The van der Waals surface area contributed by atoms with E-state index >= 15 is 0 Å². The highest BCUT2D eigenvalue weighted by Gasteiger charge is 2.13. The first-order valence-electron chi connectivity index (χ1n) is 6.33. The summed E-state index contributed by atoms with van der Waals surface area (Å²) in [5, 5.41) is 4.81. The zero-order valence-electron chi connectivity index (χ0n) is 11.0. The van der Waals surface area contributed by atoms with E-state index in [1.54, 1.807) is 6.07 Å². The van der Waals surface area contributed by atoms with Crippen molar-refractivity contribution in [2.45, 2.75) is 32.9 Å². The number of nitrogens with one attached hydrogen (secondary N) is 1. The molecule has 0 aliphatic rings. The minimum absolute atomic E-state index is 0.190. The first-order chi connectivity index (χ1) is 9.10. The Labute approximate surface area is 123 Å². The van der Waals surface area contributed by atoms with Crippen LogP contribution in [0.25, 0.3) is 0 Å². The fourth-order valence-corrected chi connectivity index (χ4v) is 2.60. The monoisotopic (exact) mass is 297 g/mol. The highest BCUT2D eigenvalue weighted by atomic mass is 35.5. The van der Waals surface area contributed by atoms with Gasteiger partial charge < -0.3 is 9.73 Å². The number of halogens is 2. The van der Waals surface area contributed by atoms with Gasteiger partial charge in [-0.1, -0.05) is 36.2 Å². The lowest BCUT2D eigenvalue weighted by atomic mass is 10.0. The van der Waals surface area contributed by atoms with Crippen molar-refractivity contribution in [3.63, 3.8) is 0 Å². The molecule has 2 rings (SSSR count). The highest BCUT2D eigenvalue weighted by Crippen LogP contribution is 2.28. The quantitative estimate of drug-likeness (QED) is 0.827. The van der Waals surface area contributed by atoms with Crippen LogP contribution in [0.4, 0.5) is 0 Å². The zero-order valence-corrected chi connectivity index (χ0v) is 12.6. The van der Waals surface area contributed by atoms with E-state index < -0.39 is 0 Å². The maximum absolute atomic E-state index is 6.24. The van der Waals surface area contributed by atoms with Crippen LogP contribution in [-0.4, -0.2) is 0 Å². The van der Waals surface area contributed by atoms with Crippen LogP contribution in [0.5, 0.6) is 0 Å². The third kappa shape index (κ3) is 3.75. The largest absolute Gasteiger partial charge is 0.465 e. The van der Waals surface area contributed by atoms with Crippen LogP contribution in [0.3, 0.4) is 0 Å². The number of hydrogen-bond donors (Lipinski definition) is 1. The maximum atomic E-state index is 6.24. The van der Waals surface area contributed by atoms with E-state index in [0.717, 1.165) is 23.5 Å². The van der Waals surface area contributed by atoms with Crippen LogP contribution >= 0.6 is 23.2 Å². The summed E-state index contributed by atoms with van der Waals surface area (Å²) < 4.78 is 5.55. The number of furan rings is 1. The topological polar surface area (TPSA) is 25.2 Å². The Bertz CT molecular complexity index is 551. The molecule has 1 atom stereocenters. The summed E-state index contributed by atoms with van der Waals surface area (Å²) in [6.07, 6.45) is 0.945. The molecule has 19 heavy (non-hydrogen) atoms. The highest BCUT2D eigenvalue weighted by molar-refractivity contribution is 6.35. The van der Waals surface area contributed by atoms with Gasteiger partial charge in [-0.2, -0.15) is 0 Å². The second kappa shape index (κ2) is 6.47. The fraction of sp³-hybridized carbons (Fsp3) is 0.333. The minimum Gasteiger partial charge on any atom is -0.465 e. The van der Waals surface area contributed by atoms with Crippen molar-refractivity contribution in [3.05, 3.63) is 57.5 Å². The van der Waals surface area contributed by atoms with Gasteiger partial charge in [0.25, 0.3) is 0 Å². The molecule has 0 fully saturated rings. The van der Waals surface area contributed by atoms with E-state index in [4.69, 9.17) is 27.6 Å². The van der Waals surface area contributed by atoms with Crippen LogP contribution in [0, 0.1) is 6.92 Å². The predicted molar refractivity (Wildman–Crippen MR) is 79.8 cm³/mol. The van der Waals surface area contributed by atoms with Gasteiger partial charge in [0.05, 0.1) is 6.54 Å². The van der Waals surface area contributed by atoms with E-state index in [2.05, 4.69) is 12.2 Å². The minimum atomic E-state index is 0.190. The number of hydrogen-bond acceptors (Lipinski definition) is 2. The Morgan fingerprint density at radius 2 is 2.00 bits per heavy atom. The third-order valence-corrected chi connectivity index (χ3v) is 3.63. The molecule has 1 aromatic heterocycles. The smallest absolute Gasteiger partial charge is 0.117 e. The molecule has 1 unspecified atom stereocenters. The van der Waals surface area contributed by atoms with E-state index in [-0.39, 0.29) is 6.04 Å². The zero-order chi connectivity index (χ0) is 13.8. The number of rotatable bonds is 5. The molecule has 0 bridgehead atoms. The molecule has 1 heterocycles. The summed E-state index contributed by atoms with van der Waals surface area (Å²) in [6.45, 7) is 4.75. The summed E-state index contributed by atoms with van der Waals surface area (Å²) >= 11 is 12.2. The van der Waals surface area contributed by atoms with Gasteiger partial charge in [-0.05, 0) is 43.2 Å². The van der Waals surface area contributed by atoms with Gasteiger partial charge in [0.2, 0.25) is 0 Å². The SMILES string of the molecule is CCC(NCc1ccc(C)o1)c1ccc(Cl)cc1Cl. The second-order valence-corrected chi connectivity index (χ2v) is 5.36. The Hall–Kier alpha value is -0.960. The van der Waals surface area contributed by atoms with Crippen molar-refractivity contribution in [1.29, 1.82) is 0 Å². The van der Waals surface area contributed by atoms with Gasteiger partial charge in [-0.3, -0.25) is 0 Å². The summed E-state index contributed by atoms with van der Waals surface area (Å²) in [6, 6.07) is 9.75. The van der Waals surface area contributed by atoms with Crippen molar-refractivity contribution in [2.75, 3.05) is 0 Å². The van der Waals surface area contributed by atoms with Crippen molar-refractivity contribution < 1.29 is 4.42 Å². The molecule has 1 N–H and O–H groups in total. The number of benzene rings is 1. The first kappa shape index (κ1) is 14.4. The molecular weight excluding hydrogens is 281 g/mol. The van der Waals surface area contributed by atoms with Crippen molar-refractivity contribution in [3.8, 4) is 0 Å². The Morgan fingerprint density at radius 1 is 1.21 bits per heavy atom. The summed E-state index contributed by atoms with van der Waals surface area (Å²) in [4.78, 5) is 0. The van der Waals surface area contributed by atoms with Crippen LogP contribution in [0.1, 0.15) is 36.5 Å². The molecule has 0 spiro atoms. The van der Waals surface area contributed by atoms with Crippen LogP contribution < -0.4 is 5.32 Å². The third-order valence-electron chi connectivity index (χ3n) is 3.06. The van der Waals surface area contributed by atoms with Crippen molar-refractivity contribution in [2.24, 2.45) is 0 Å². The molecule has 0 amide bonds. The number of aryl methyl sites for hydroxylation is 1. The van der Waals surface area contributed by atoms with Crippen LogP contribution in [0.2, 0.25) is 10.0 Å². The molecule has 0 aliphatic heterocycles. The molecule has 0 saturated carbocycles. The van der Waals surface area contributed by atoms with Crippen LogP contribution in [0.15, 0.2) is 34.7 Å². The average molecular weight is 298 g/mol. The lowest BCUT2D eigenvalue weighted by Crippen LogP contribution is -2.20. The van der Waals surface area contributed by atoms with E-state index in [0.29, 0.717) is 16.6 Å². The molecule has 102 valence electrons. The Morgan fingerprint density at radius 3 is 2.58 bits per heavy atom. The summed E-state index contributed by atoms with van der Waals surface area (Å²) in [5.74, 6) is 1.86. The molecule has 0 aliphatic carbocycles. The standard InChI is InChI=1S/C15H17Cl2NO/c1-3-15(13-7-5-11(16)8-14(13)17)18-9-12-6-4-10(2)19-12/h4-8,15,18H,3,9H2,1-2H3. The van der Waals surface area contributed by atoms with Gasteiger partial charge >= 0.3 is 0 Å². The predicted octanol–water partition coefficient (Wildman–Crippen LogP) is 5.14. The second-order valence-electron chi connectivity index (χ2n) is 4.52. The average Bonchev–Trinajstić information content (AvgIpc) is 2.78. The molecule has 2 nitrogen and oxygen atoms in total. The van der Waals surface area contributed by atoms with Gasteiger partial charge in [0, 0.05) is 16.1 Å². The molecule has 0 saturated heterocycles. The molecule has 1 aromatic carbocycles. The summed E-state index contributed by atoms with van der Waals surface area (Å²) in [7, 11) is 0. The Kier molecular flexibility index (Phi) is 4.92. The summed E-state index contributed by atoms with van der Waals surface area (Å²) in [5.41, 5.74) is 1.07. The van der Waals surface area contributed by atoms with Crippen LogP contribution in [-0.2, 0) is 6.54 Å². The van der Waals surface area contributed by atoms with Gasteiger partial charge in [0.1, 0.15) is 11.5 Å². The Balaban J connectivity index is 2.07. The van der Waals surface area contributed by atoms with Gasteiger partial charge in [0.15, 0.2) is 0 Å². The lowest BCUT2D eigenvalue weighted by Gasteiger charge is -2.18. The maximum Gasteiger partial charge on any atom is 0.117 e. The van der Waals surface area contributed by atoms with Gasteiger partial charge in [-0.15, -0.1) is 0 Å². The molecule has 4 heteroatoms.